The first-order valence-corrected chi connectivity index (χ1v) is 8.10. The summed E-state index contributed by atoms with van der Waals surface area (Å²) in [5.74, 6) is -0.970. The van der Waals surface area contributed by atoms with E-state index in [4.69, 9.17) is 5.26 Å². The molecule has 0 radical (unpaired) electrons. The maximum absolute atomic E-state index is 13.4. The van der Waals surface area contributed by atoms with Gasteiger partial charge in [0.1, 0.15) is 0 Å². The van der Waals surface area contributed by atoms with E-state index in [1.165, 1.54) is 22.8 Å². The van der Waals surface area contributed by atoms with Gasteiger partial charge in [-0.15, -0.1) is 0 Å². The van der Waals surface area contributed by atoms with Gasteiger partial charge in [0.05, 0.1) is 11.6 Å². The molecule has 1 aromatic carbocycles. The van der Waals surface area contributed by atoms with Crippen LogP contribution in [0, 0.1) is 16.7 Å². The fourth-order valence-corrected chi connectivity index (χ4v) is 3.92. The number of nitriles is 1. The number of fused-ring (bicyclic) bond motifs is 1. The molecule has 4 rings (SSSR count). The van der Waals surface area contributed by atoms with Crippen molar-refractivity contribution in [2.24, 2.45) is 5.41 Å². The number of halogens is 1. The van der Waals surface area contributed by atoms with Gasteiger partial charge in [-0.2, -0.15) is 5.26 Å². The first-order valence-electron chi connectivity index (χ1n) is 8.10. The zero-order chi connectivity index (χ0) is 16.7. The zero-order valence-corrected chi connectivity index (χ0v) is 13.2. The second kappa shape index (κ2) is 5.42. The smallest absolute Gasteiger partial charge is 0.191 e. The predicted molar refractivity (Wildman–Crippen MR) is 90.4 cm³/mol. The molecule has 3 heteroatoms. The fourth-order valence-electron chi connectivity index (χ4n) is 3.92. The lowest BCUT2D eigenvalue weighted by Crippen LogP contribution is -2.23. The molecular formula is C21H16FNO. The van der Waals surface area contributed by atoms with Crippen LogP contribution >= 0.6 is 0 Å². The van der Waals surface area contributed by atoms with Gasteiger partial charge in [-0.05, 0) is 59.8 Å². The first-order chi connectivity index (χ1) is 11.6. The first kappa shape index (κ1) is 14.8. The summed E-state index contributed by atoms with van der Waals surface area (Å²) >= 11 is 0. The van der Waals surface area contributed by atoms with Crippen LogP contribution in [0.4, 0.5) is 4.39 Å². The molecule has 0 amide bonds. The van der Waals surface area contributed by atoms with E-state index in [2.05, 4.69) is 24.3 Å². The van der Waals surface area contributed by atoms with Crippen LogP contribution in [-0.4, -0.2) is 5.78 Å². The van der Waals surface area contributed by atoms with Crippen LogP contribution < -0.4 is 0 Å². The number of hydrogen-bond donors (Lipinski definition) is 0. The van der Waals surface area contributed by atoms with Crippen molar-refractivity contribution in [2.45, 2.75) is 25.7 Å². The summed E-state index contributed by atoms with van der Waals surface area (Å²) in [6.07, 6.45) is 10.3. The summed E-state index contributed by atoms with van der Waals surface area (Å²) in [5.41, 5.74) is 5.11. The number of Topliss-reactive ketones (excluding diaryl/α,β-unsaturated/α-hetero) is 1. The molecule has 0 heterocycles. The minimum Gasteiger partial charge on any atom is -0.292 e. The zero-order valence-electron chi connectivity index (χ0n) is 13.2. The van der Waals surface area contributed by atoms with Crippen molar-refractivity contribution in [2.75, 3.05) is 0 Å². The Bertz CT molecular complexity index is 910. The normalized spacial score (nSPS) is 25.4. The molecule has 1 atom stereocenters. The molecule has 1 unspecified atom stereocenters. The quantitative estimate of drug-likeness (QED) is 0.746. The Morgan fingerprint density at radius 2 is 1.96 bits per heavy atom. The van der Waals surface area contributed by atoms with Crippen LogP contribution in [0.15, 0.2) is 65.5 Å². The van der Waals surface area contributed by atoms with Crippen LogP contribution in [-0.2, 0) is 4.79 Å². The molecule has 0 bridgehead atoms. The number of benzene rings is 1. The predicted octanol–water partition coefficient (Wildman–Crippen LogP) is 4.80. The second-order valence-corrected chi connectivity index (χ2v) is 6.82. The molecule has 1 spiro atoms. The lowest BCUT2D eigenvalue weighted by molar-refractivity contribution is -0.119. The number of hydrogen-bond acceptors (Lipinski definition) is 2. The lowest BCUT2D eigenvalue weighted by atomic mass is 9.75. The van der Waals surface area contributed by atoms with Crippen LogP contribution in [0.25, 0.3) is 5.57 Å². The van der Waals surface area contributed by atoms with Crippen molar-refractivity contribution < 1.29 is 9.18 Å². The Kier molecular flexibility index (Phi) is 3.35. The monoisotopic (exact) mass is 317 g/mol. The number of carbonyl (C=O) groups is 1. The molecule has 0 aromatic heterocycles. The molecule has 2 nitrogen and oxygen atoms in total. The highest BCUT2D eigenvalue weighted by molar-refractivity contribution is 5.95. The average Bonchev–Trinajstić information content (AvgIpc) is 2.95. The third-order valence-corrected chi connectivity index (χ3v) is 5.13. The highest BCUT2D eigenvalue weighted by Crippen LogP contribution is 2.51. The highest BCUT2D eigenvalue weighted by atomic mass is 19.1. The molecule has 3 aliphatic rings. The molecule has 118 valence electrons. The van der Waals surface area contributed by atoms with E-state index < -0.39 is 5.83 Å². The van der Waals surface area contributed by atoms with Crippen molar-refractivity contribution >= 4 is 11.4 Å². The van der Waals surface area contributed by atoms with Crippen molar-refractivity contribution in [3.8, 4) is 6.07 Å². The lowest BCUT2D eigenvalue weighted by Gasteiger charge is -2.28. The minimum atomic E-state index is -0.588. The standard InChI is InChI=1S/C21H16FNO/c22-19-6-7-21(12-20(19)24)10-17-5-4-16(9-18(17)11-21)15-3-1-2-14(8-15)13-23/h1-6,8,11H,7,9-10,12H2. The van der Waals surface area contributed by atoms with Gasteiger partial charge in [0.25, 0.3) is 0 Å². The molecule has 0 N–H and O–H groups in total. The molecular weight excluding hydrogens is 301 g/mol. The second-order valence-electron chi connectivity index (χ2n) is 6.82. The Labute approximate surface area is 140 Å². The SMILES string of the molecule is N#Cc1cccc(C2=CC=C3CC4(C=C3C2)CC=C(F)C(=O)C4)c1. The van der Waals surface area contributed by atoms with Gasteiger partial charge >= 0.3 is 0 Å². The number of allylic oxidation sites excluding steroid dienone is 8. The maximum Gasteiger partial charge on any atom is 0.191 e. The Morgan fingerprint density at radius 3 is 2.75 bits per heavy atom. The van der Waals surface area contributed by atoms with E-state index in [1.54, 1.807) is 6.07 Å². The number of carbonyl (C=O) groups excluding carboxylic acids is 1. The van der Waals surface area contributed by atoms with E-state index >= 15 is 0 Å². The molecule has 0 fully saturated rings. The van der Waals surface area contributed by atoms with E-state index in [0.29, 0.717) is 12.0 Å². The molecule has 0 saturated heterocycles. The third kappa shape index (κ3) is 2.45. The maximum atomic E-state index is 13.4. The summed E-state index contributed by atoms with van der Waals surface area (Å²) in [7, 11) is 0. The van der Waals surface area contributed by atoms with Gasteiger partial charge in [0, 0.05) is 11.8 Å². The topological polar surface area (TPSA) is 40.9 Å². The molecule has 0 saturated carbocycles. The van der Waals surface area contributed by atoms with Crippen LogP contribution in [0.5, 0.6) is 0 Å². The van der Waals surface area contributed by atoms with Crippen LogP contribution in [0.3, 0.4) is 0 Å². The number of nitrogens with zero attached hydrogens (tertiary/aromatic N) is 1. The fraction of sp³-hybridized carbons (Fsp3) is 0.238. The van der Waals surface area contributed by atoms with E-state index in [-0.39, 0.29) is 17.6 Å². The highest BCUT2D eigenvalue weighted by Gasteiger charge is 2.40. The van der Waals surface area contributed by atoms with Crippen molar-refractivity contribution in [3.63, 3.8) is 0 Å². The summed E-state index contributed by atoms with van der Waals surface area (Å²) in [4.78, 5) is 11.8. The van der Waals surface area contributed by atoms with Gasteiger partial charge in [-0.1, -0.05) is 30.4 Å². The van der Waals surface area contributed by atoms with Gasteiger partial charge in [0.15, 0.2) is 11.6 Å². The van der Waals surface area contributed by atoms with E-state index in [9.17, 15) is 9.18 Å². The summed E-state index contributed by atoms with van der Waals surface area (Å²) in [5, 5.41) is 9.06. The Morgan fingerprint density at radius 1 is 1.12 bits per heavy atom. The summed E-state index contributed by atoms with van der Waals surface area (Å²) in [6.45, 7) is 0. The molecule has 0 aliphatic heterocycles. The van der Waals surface area contributed by atoms with Crippen molar-refractivity contribution in [1.82, 2.24) is 0 Å². The molecule has 24 heavy (non-hydrogen) atoms. The minimum absolute atomic E-state index is 0.244. The van der Waals surface area contributed by atoms with Crippen molar-refractivity contribution in [1.29, 1.82) is 5.26 Å². The van der Waals surface area contributed by atoms with E-state index in [1.807, 2.05) is 18.2 Å². The van der Waals surface area contributed by atoms with Gasteiger partial charge in [0.2, 0.25) is 0 Å². The van der Waals surface area contributed by atoms with Gasteiger partial charge in [-0.25, -0.2) is 4.39 Å². The average molecular weight is 317 g/mol. The number of ketones is 1. The Balaban J connectivity index is 1.63. The van der Waals surface area contributed by atoms with Gasteiger partial charge in [-0.3, -0.25) is 4.79 Å². The molecule has 3 aliphatic carbocycles. The van der Waals surface area contributed by atoms with Crippen LogP contribution in [0.1, 0.15) is 36.8 Å². The largest absolute Gasteiger partial charge is 0.292 e. The third-order valence-electron chi connectivity index (χ3n) is 5.13. The van der Waals surface area contributed by atoms with Gasteiger partial charge < -0.3 is 0 Å². The summed E-state index contributed by atoms with van der Waals surface area (Å²) in [6, 6.07) is 9.78. The van der Waals surface area contributed by atoms with Crippen LogP contribution in [0.2, 0.25) is 0 Å². The van der Waals surface area contributed by atoms with Crippen molar-refractivity contribution in [3.05, 3.63) is 76.7 Å². The van der Waals surface area contributed by atoms with E-state index in [0.717, 1.165) is 18.4 Å². The summed E-state index contributed by atoms with van der Waals surface area (Å²) < 4.78 is 13.4. The number of rotatable bonds is 1. The Hall–Kier alpha value is -2.73. The molecule has 1 aromatic rings.